The normalized spacial score (nSPS) is 13.1. The number of primary amides is 1. The van der Waals surface area contributed by atoms with Crippen molar-refractivity contribution >= 4 is 29.8 Å². The summed E-state index contributed by atoms with van der Waals surface area (Å²) >= 11 is 0. The second-order valence-corrected chi connectivity index (χ2v) is 11.3. The predicted octanol–water partition coefficient (Wildman–Crippen LogP) is 2.81. The Kier molecular flexibility index (Phi) is 12.0. The molecule has 0 aromatic heterocycles. The molecule has 4 N–H and O–H groups in total. The van der Waals surface area contributed by atoms with Gasteiger partial charge in [0.2, 0.25) is 17.7 Å². The molecule has 11 nitrogen and oxygen atoms in total. The van der Waals surface area contributed by atoms with Crippen LogP contribution in [0, 0.1) is 13.8 Å². The molecule has 1 aromatic rings. The molecule has 1 aromatic carbocycles. The van der Waals surface area contributed by atoms with Gasteiger partial charge in [0.15, 0.2) is 0 Å². The fourth-order valence-corrected chi connectivity index (χ4v) is 4.12. The first-order valence-electron chi connectivity index (χ1n) is 13.0. The highest BCUT2D eigenvalue weighted by atomic mass is 16.6. The minimum absolute atomic E-state index is 0.00780. The Labute approximate surface area is 231 Å². The van der Waals surface area contributed by atoms with E-state index in [1.54, 1.807) is 48.5 Å². The summed E-state index contributed by atoms with van der Waals surface area (Å²) in [6, 6.07) is 2.94. The zero-order chi connectivity index (χ0) is 30.1. The molecule has 0 aliphatic heterocycles. The van der Waals surface area contributed by atoms with Gasteiger partial charge in [-0.1, -0.05) is 18.2 Å². The van der Waals surface area contributed by atoms with Crippen molar-refractivity contribution in [1.29, 1.82) is 0 Å². The lowest BCUT2D eigenvalue weighted by atomic mass is 9.90. The molecular formula is C28H44N4O7. The molecule has 0 saturated carbocycles. The number of amides is 4. The molecule has 2 atom stereocenters. The highest BCUT2D eigenvalue weighted by Crippen LogP contribution is 2.34. The maximum atomic E-state index is 14.1. The van der Waals surface area contributed by atoms with Crippen LogP contribution in [0.1, 0.15) is 84.0 Å². The van der Waals surface area contributed by atoms with Crippen LogP contribution in [0.25, 0.3) is 0 Å². The summed E-state index contributed by atoms with van der Waals surface area (Å²) in [5.74, 6) is -2.51. The smallest absolute Gasteiger partial charge is 0.408 e. The van der Waals surface area contributed by atoms with Gasteiger partial charge in [-0.15, -0.1) is 0 Å². The van der Waals surface area contributed by atoms with Crippen molar-refractivity contribution in [3.63, 3.8) is 0 Å². The number of nitrogens with two attached hydrogens (primary N) is 1. The van der Waals surface area contributed by atoms with Crippen LogP contribution in [0.15, 0.2) is 18.2 Å². The molecule has 0 fully saturated rings. The number of alkyl carbamates (subject to hydrolysis) is 1. The van der Waals surface area contributed by atoms with E-state index in [1.165, 1.54) is 4.90 Å². The van der Waals surface area contributed by atoms with Gasteiger partial charge in [0.05, 0.1) is 19.4 Å². The summed E-state index contributed by atoms with van der Waals surface area (Å²) in [4.78, 5) is 65.6. The van der Waals surface area contributed by atoms with Gasteiger partial charge in [0.25, 0.3) is 0 Å². The summed E-state index contributed by atoms with van der Waals surface area (Å²) < 4.78 is 10.2. The van der Waals surface area contributed by atoms with E-state index in [-0.39, 0.29) is 19.6 Å². The molecule has 0 bridgehead atoms. The van der Waals surface area contributed by atoms with E-state index in [2.05, 4.69) is 10.6 Å². The van der Waals surface area contributed by atoms with E-state index in [9.17, 15) is 24.0 Å². The number of carbonyl (C=O) groups is 5. The van der Waals surface area contributed by atoms with E-state index in [1.807, 2.05) is 32.0 Å². The molecule has 0 aliphatic rings. The summed E-state index contributed by atoms with van der Waals surface area (Å²) in [6.45, 7) is 15.8. The van der Waals surface area contributed by atoms with Crippen molar-refractivity contribution in [2.45, 2.75) is 98.4 Å². The molecule has 39 heavy (non-hydrogen) atoms. The van der Waals surface area contributed by atoms with Crippen molar-refractivity contribution in [3.8, 4) is 0 Å². The van der Waals surface area contributed by atoms with E-state index in [4.69, 9.17) is 15.2 Å². The van der Waals surface area contributed by atoms with Crippen LogP contribution in [0.5, 0.6) is 0 Å². The quantitative estimate of drug-likeness (QED) is 0.359. The number of benzene rings is 1. The first kappa shape index (κ1) is 33.4. The molecule has 11 heteroatoms. The van der Waals surface area contributed by atoms with Crippen molar-refractivity contribution in [1.82, 2.24) is 15.5 Å². The number of esters is 1. The Morgan fingerprint density at radius 1 is 1.00 bits per heavy atom. The highest BCUT2D eigenvalue weighted by Gasteiger charge is 2.43. The Hall–Kier alpha value is -3.63. The predicted molar refractivity (Wildman–Crippen MR) is 146 cm³/mol. The second-order valence-electron chi connectivity index (χ2n) is 11.3. The zero-order valence-corrected chi connectivity index (χ0v) is 24.6. The second kappa shape index (κ2) is 14.0. The van der Waals surface area contributed by atoms with Crippen LogP contribution in [0.3, 0.4) is 0 Å². The van der Waals surface area contributed by atoms with E-state index >= 15 is 0 Å². The molecule has 0 spiro atoms. The van der Waals surface area contributed by atoms with Crippen molar-refractivity contribution in [2.24, 2.45) is 5.73 Å². The Bertz CT molecular complexity index is 1040. The largest absolute Gasteiger partial charge is 0.466 e. The standard InChI is InChI=1S/C28H44N4O7/c1-10-38-21(34)14-15-30-24(35)23(22-17(2)12-11-13-18(22)3)32(27(4,5)6)25(36)19(16-20(29)33)31-26(37)39-28(7,8)9/h11-13,19,23H,10,14-16H2,1-9H3,(H2,29,33)(H,30,35)(H,31,37). The maximum absolute atomic E-state index is 14.1. The van der Waals surface area contributed by atoms with Gasteiger partial charge in [0, 0.05) is 12.1 Å². The minimum atomic E-state index is -1.39. The summed E-state index contributed by atoms with van der Waals surface area (Å²) in [7, 11) is 0. The summed E-state index contributed by atoms with van der Waals surface area (Å²) in [6.07, 6.45) is -1.46. The minimum Gasteiger partial charge on any atom is -0.466 e. The maximum Gasteiger partial charge on any atom is 0.408 e. The fourth-order valence-electron chi connectivity index (χ4n) is 4.12. The van der Waals surface area contributed by atoms with Gasteiger partial charge in [-0.2, -0.15) is 0 Å². The van der Waals surface area contributed by atoms with E-state index in [0.717, 1.165) is 11.1 Å². The molecule has 0 heterocycles. The highest BCUT2D eigenvalue weighted by molar-refractivity contribution is 5.95. The van der Waals surface area contributed by atoms with Gasteiger partial charge in [-0.25, -0.2) is 4.79 Å². The Morgan fingerprint density at radius 2 is 1.56 bits per heavy atom. The third kappa shape index (κ3) is 10.6. The monoisotopic (exact) mass is 548 g/mol. The van der Waals surface area contributed by atoms with Gasteiger partial charge in [0.1, 0.15) is 17.7 Å². The van der Waals surface area contributed by atoms with Gasteiger partial charge in [-0.3, -0.25) is 19.2 Å². The average molecular weight is 549 g/mol. The van der Waals surface area contributed by atoms with E-state index < -0.39 is 59.4 Å². The molecule has 218 valence electrons. The SMILES string of the molecule is CCOC(=O)CCNC(=O)C(c1c(C)cccc1C)N(C(=O)C(CC(N)=O)NC(=O)OC(C)(C)C)C(C)(C)C. The Morgan fingerprint density at radius 3 is 2.03 bits per heavy atom. The number of rotatable bonds is 11. The van der Waals surface area contributed by atoms with Crippen molar-refractivity contribution in [3.05, 3.63) is 34.9 Å². The zero-order valence-electron chi connectivity index (χ0n) is 24.6. The van der Waals surface area contributed by atoms with Crippen LogP contribution >= 0.6 is 0 Å². The third-order valence-corrected chi connectivity index (χ3v) is 5.61. The first-order valence-corrected chi connectivity index (χ1v) is 13.0. The number of hydrogen-bond acceptors (Lipinski definition) is 7. The fraction of sp³-hybridized carbons (Fsp3) is 0.607. The lowest BCUT2D eigenvalue weighted by Gasteiger charge is -2.43. The molecule has 0 radical (unpaired) electrons. The third-order valence-electron chi connectivity index (χ3n) is 5.61. The number of aryl methyl sites for hydroxylation is 2. The van der Waals surface area contributed by atoms with Crippen LogP contribution in [-0.2, 0) is 28.7 Å². The molecular weight excluding hydrogens is 504 g/mol. The number of nitrogens with one attached hydrogen (secondary N) is 2. The molecule has 0 aliphatic carbocycles. The van der Waals surface area contributed by atoms with Crippen molar-refractivity contribution in [2.75, 3.05) is 13.2 Å². The molecule has 2 unspecified atom stereocenters. The molecule has 1 rings (SSSR count). The van der Waals surface area contributed by atoms with Crippen LogP contribution in [0.2, 0.25) is 0 Å². The average Bonchev–Trinajstić information content (AvgIpc) is 2.75. The number of carbonyl (C=O) groups excluding carboxylic acids is 5. The van der Waals surface area contributed by atoms with Gasteiger partial charge >= 0.3 is 12.1 Å². The number of hydrogen-bond donors (Lipinski definition) is 3. The van der Waals surface area contributed by atoms with Gasteiger partial charge < -0.3 is 30.7 Å². The van der Waals surface area contributed by atoms with Crippen LogP contribution in [-0.4, -0.2) is 65.0 Å². The van der Waals surface area contributed by atoms with Gasteiger partial charge in [-0.05, 0) is 79.0 Å². The lowest BCUT2D eigenvalue weighted by Crippen LogP contribution is -2.59. The molecule has 4 amide bonds. The van der Waals surface area contributed by atoms with E-state index in [0.29, 0.717) is 5.56 Å². The number of nitrogens with zero attached hydrogens (tertiary/aromatic N) is 1. The van der Waals surface area contributed by atoms with Crippen LogP contribution < -0.4 is 16.4 Å². The summed E-state index contributed by atoms with van der Waals surface area (Å²) in [5.41, 5.74) is 5.73. The lowest BCUT2D eigenvalue weighted by molar-refractivity contribution is -0.149. The number of ether oxygens (including phenoxy) is 2. The first-order chi connectivity index (χ1) is 17.9. The Balaban J connectivity index is 3.60. The van der Waals surface area contributed by atoms with Crippen molar-refractivity contribution < 1.29 is 33.4 Å². The summed E-state index contributed by atoms with van der Waals surface area (Å²) in [5, 5.41) is 5.20. The van der Waals surface area contributed by atoms with Crippen LogP contribution in [0.4, 0.5) is 4.79 Å². The topological polar surface area (TPSA) is 157 Å². The molecule has 0 saturated heterocycles.